The molecule has 1 atom stereocenters. The highest BCUT2D eigenvalue weighted by atomic mass is 79.9. The molecule has 0 saturated heterocycles. The molecule has 1 rings (SSSR count). The van der Waals surface area contributed by atoms with Crippen molar-refractivity contribution in [1.82, 2.24) is 10.2 Å². The number of hydrogen-bond donors (Lipinski definition) is 2. The number of aliphatic carboxylic acids is 1. The Morgan fingerprint density at radius 1 is 1.58 bits per heavy atom. The predicted molar refractivity (Wildman–Crippen MR) is 78.3 cm³/mol. The fourth-order valence-electron chi connectivity index (χ4n) is 1.55. The van der Waals surface area contributed by atoms with Gasteiger partial charge in [-0.15, -0.1) is 11.3 Å². The van der Waals surface area contributed by atoms with Crippen LogP contribution in [0.15, 0.2) is 15.9 Å². The van der Waals surface area contributed by atoms with Crippen LogP contribution < -0.4 is 5.32 Å². The summed E-state index contributed by atoms with van der Waals surface area (Å²) in [7, 11) is 1.65. The van der Waals surface area contributed by atoms with Crippen molar-refractivity contribution in [2.75, 3.05) is 7.05 Å². The number of carbonyl (C=O) groups excluding carboxylic acids is 1. The number of thiophene rings is 1. The molecule has 0 aliphatic heterocycles. The highest BCUT2D eigenvalue weighted by Gasteiger charge is 2.20. The number of nitrogens with one attached hydrogen (secondary N) is 1. The van der Waals surface area contributed by atoms with E-state index in [0.717, 1.165) is 9.35 Å². The minimum absolute atomic E-state index is 0.370. The summed E-state index contributed by atoms with van der Waals surface area (Å²) in [6.07, 6.45) is 1.14. The maximum absolute atomic E-state index is 11.9. The molecule has 0 saturated carbocycles. The quantitative estimate of drug-likeness (QED) is 0.830. The Bertz CT molecular complexity index is 450. The fourth-order valence-corrected chi connectivity index (χ4v) is 3.05. The number of carboxylic acids is 1. The van der Waals surface area contributed by atoms with Crippen molar-refractivity contribution in [2.24, 2.45) is 0 Å². The zero-order valence-corrected chi connectivity index (χ0v) is 13.3. The van der Waals surface area contributed by atoms with Gasteiger partial charge in [-0.2, -0.15) is 0 Å². The first-order valence-corrected chi connectivity index (χ1v) is 7.58. The van der Waals surface area contributed by atoms with Crippen LogP contribution in [-0.2, 0) is 11.3 Å². The lowest BCUT2D eigenvalue weighted by molar-refractivity contribution is -0.139. The van der Waals surface area contributed by atoms with Crippen molar-refractivity contribution in [3.8, 4) is 0 Å². The minimum atomic E-state index is -0.998. The molecule has 0 fully saturated rings. The number of carbonyl (C=O) groups is 2. The summed E-state index contributed by atoms with van der Waals surface area (Å²) in [5.74, 6) is -0.998. The molecule has 106 valence electrons. The molecule has 0 radical (unpaired) electrons. The van der Waals surface area contributed by atoms with E-state index in [0.29, 0.717) is 19.4 Å². The summed E-state index contributed by atoms with van der Waals surface area (Å²) in [6.45, 7) is 2.34. The Labute approximate surface area is 124 Å². The smallest absolute Gasteiger partial charge is 0.326 e. The van der Waals surface area contributed by atoms with Gasteiger partial charge in [0.2, 0.25) is 0 Å². The van der Waals surface area contributed by atoms with Crippen molar-refractivity contribution in [2.45, 2.75) is 32.4 Å². The third kappa shape index (κ3) is 5.20. The zero-order chi connectivity index (χ0) is 14.4. The molecule has 0 aromatic carbocycles. The molecule has 5 nitrogen and oxygen atoms in total. The topological polar surface area (TPSA) is 69.6 Å². The van der Waals surface area contributed by atoms with E-state index in [1.807, 2.05) is 18.4 Å². The van der Waals surface area contributed by atoms with Gasteiger partial charge >= 0.3 is 12.0 Å². The zero-order valence-electron chi connectivity index (χ0n) is 10.9. The van der Waals surface area contributed by atoms with Crippen LogP contribution in [0.25, 0.3) is 0 Å². The Hall–Kier alpha value is -1.08. The molecule has 0 aliphatic rings. The average molecular weight is 349 g/mol. The molecule has 0 spiro atoms. The molecule has 7 heteroatoms. The number of halogens is 1. The predicted octanol–water partition coefficient (Wildman–Crippen LogP) is 2.91. The van der Waals surface area contributed by atoms with Crippen molar-refractivity contribution >= 4 is 39.3 Å². The first kappa shape index (κ1) is 16.0. The third-order valence-electron chi connectivity index (χ3n) is 2.53. The van der Waals surface area contributed by atoms with Crippen molar-refractivity contribution in [3.05, 3.63) is 20.8 Å². The first-order chi connectivity index (χ1) is 8.93. The van der Waals surface area contributed by atoms with Crippen LogP contribution in [-0.4, -0.2) is 35.1 Å². The van der Waals surface area contributed by atoms with Gasteiger partial charge in [-0.3, -0.25) is 0 Å². The van der Waals surface area contributed by atoms with Gasteiger partial charge in [0.1, 0.15) is 6.04 Å². The number of nitrogens with zero attached hydrogens (tertiary/aromatic N) is 1. The lowest BCUT2D eigenvalue weighted by atomic mass is 10.2. The largest absolute Gasteiger partial charge is 0.480 e. The number of amides is 2. The van der Waals surface area contributed by atoms with Crippen LogP contribution in [0.3, 0.4) is 0 Å². The maximum atomic E-state index is 11.9. The molecule has 1 aromatic rings. The number of rotatable bonds is 6. The number of carboxylic acid groups (broad SMARTS) is 1. The summed E-state index contributed by atoms with van der Waals surface area (Å²) >= 11 is 4.90. The van der Waals surface area contributed by atoms with Gasteiger partial charge in [0.05, 0.1) is 6.54 Å². The monoisotopic (exact) mass is 348 g/mol. The van der Waals surface area contributed by atoms with Crippen molar-refractivity contribution < 1.29 is 14.7 Å². The summed E-state index contributed by atoms with van der Waals surface area (Å²) in [5.41, 5.74) is 0. The average Bonchev–Trinajstić information content (AvgIpc) is 2.73. The summed E-state index contributed by atoms with van der Waals surface area (Å²) in [4.78, 5) is 25.4. The van der Waals surface area contributed by atoms with Gasteiger partial charge in [0.25, 0.3) is 0 Å². The Balaban J connectivity index is 2.54. The van der Waals surface area contributed by atoms with Crippen LogP contribution in [0.1, 0.15) is 24.6 Å². The lowest BCUT2D eigenvalue weighted by Crippen LogP contribution is -2.46. The van der Waals surface area contributed by atoms with Gasteiger partial charge in [-0.05, 0) is 28.4 Å². The van der Waals surface area contributed by atoms with E-state index in [2.05, 4.69) is 21.2 Å². The van der Waals surface area contributed by atoms with Gasteiger partial charge in [0.15, 0.2) is 0 Å². The first-order valence-electron chi connectivity index (χ1n) is 5.91. The molecular weight excluding hydrogens is 332 g/mol. The molecule has 1 heterocycles. The standard InChI is InChI=1S/C12H17BrN2O3S/c1-3-4-10(11(16)17)14-12(18)15(2)6-9-5-8(13)7-19-9/h5,7,10H,3-4,6H2,1-2H3,(H,14,18)(H,16,17). The van der Waals surface area contributed by atoms with Crippen LogP contribution >= 0.6 is 27.3 Å². The molecule has 1 aromatic heterocycles. The minimum Gasteiger partial charge on any atom is -0.480 e. The van der Waals surface area contributed by atoms with Gasteiger partial charge in [-0.1, -0.05) is 13.3 Å². The SMILES string of the molecule is CCCC(NC(=O)N(C)Cc1cc(Br)cs1)C(=O)O. The van der Waals surface area contributed by atoms with Crippen LogP contribution in [0, 0.1) is 0 Å². The summed E-state index contributed by atoms with van der Waals surface area (Å²) < 4.78 is 0.982. The molecule has 1 unspecified atom stereocenters. The Morgan fingerprint density at radius 2 is 2.26 bits per heavy atom. The van der Waals surface area contributed by atoms with Gasteiger partial charge in [-0.25, -0.2) is 9.59 Å². The maximum Gasteiger partial charge on any atom is 0.326 e. The van der Waals surface area contributed by atoms with E-state index in [1.165, 1.54) is 4.90 Å². The molecular formula is C12H17BrN2O3S. The van der Waals surface area contributed by atoms with Crippen molar-refractivity contribution in [3.63, 3.8) is 0 Å². The number of hydrogen-bond acceptors (Lipinski definition) is 3. The van der Waals surface area contributed by atoms with E-state index in [1.54, 1.807) is 18.4 Å². The second-order valence-corrected chi connectivity index (χ2v) is 6.13. The molecule has 0 aliphatic carbocycles. The van der Waals surface area contributed by atoms with Crippen LogP contribution in [0.4, 0.5) is 4.79 Å². The number of urea groups is 1. The van der Waals surface area contributed by atoms with E-state index in [-0.39, 0.29) is 6.03 Å². The molecule has 2 amide bonds. The van der Waals surface area contributed by atoms with Crippen molar-refractivity contribution in [1.29, 1.82) is 0 Å². The fraction of sp³-hybridized carbons (Fsp3) is 0.500. The Kier molecular flexibility index (Phi) is 6.30. The van der Waals surface area contributed by atoms with E-state index < -0.39 is 12.0 Å². The lowest BCUT2D eigenvalue weighted by Gasteiger charge is -2.20. The third-order valence-corrected chi connectivity index (χ3v) is 4.22. The summed E-state index contributed by atoms with van der Waals surface area (Å²) in [5, 5.41) is 13.5. The molecule has 0 bridgehead atoms. The highest BCUT2D eigenvalue weighted by Crippen LogP contribution is 2.20. The van der Waals surface area contributed by atoms with E-state index in [9.17, 15) is 9.59 Å². The van der Waals surface area contributed by atoms with Crippen LogP contribution in [0.5, 0.6) is 0 Å². The normalized spacial score (nSPS) is 11.9. The second-order valence-electron chi connectivity index (χ2n) is 4.22. The van der Waals surface area contributed by atoms with Crippen LogP contribution in [0.2, 0.25) is 0 Å². The summed E-state index contributed by atoms with van der Waals surface area (Å²) in [6, 6.07) is 0.746. The van der Waals surface area contributed by atoms with E-state index in [4.69, 9.17) is 5.11 Å². The van der Waals surface area contributed by atoms with E-state index >= 15 is 0 Å². The Morgan fingerprint density at radius 3 is 2.74 bits per heavy atom. The molecule has 19 heavy (non-hydrogen) atoms. The van der Waals surface area contributed by atoms with Gasteiger partial charge < -0.3 is 15.3 Å². The van der Waals surface area contributed by atoms with Gasteiger partial charge in [0, 0.05) is 21.8 Å². The second kappa shape index (κ2) is 7.49. The molecule has 2 N–H and O–H groups in total. The highest BCUT2D eigenvalue weighted by molar-refractivity contribution is 9.10.